The van der Waals surface area contributed by atoms with Crippen molar-refractivity contribution >= 4 is 17.5 Å². The first-order valence-electron chi connectivity index (χ1n) is 6.12. The van der Waals surface area contributed by atoms with Gasteiger partial charge in [0.25, 0.3) is 5.91 Å². The number of rotatable bonds is 2. The van der Waals surface area contributed by atoms with Crippen molar-refractivity contribution < 1.29 is 9.18 Å². The highest BCUT2D eigenvalue weighted by Crippen LogP contribution is 2.27. The molecular weight excluding hydrogens is 255 g/mol. The van der Waals surface area contributed by atoms with Crippen molar-refractivity contribution in [2.45, 2.75) is 37.1 Å². The minimum absolute atomic E-state index is 0.0134. The largest absolute Gasteiger partial charge is 0.337 e. The van der Waals surface area contributed by atoms with Gasteiger partial charge in [0, 0.05) is 19.3 Å². The summed E-state index contributed by atoms with van der Waals surface area (Å²) in [6, 6.07) is 1.39. The second-order valence-electron chi connectivity index (χ2n) is 4.64. The molecule has 5 heteroatoms. The maximum atomic E-state index is 13.5. The molecule has 0 aliphatic heterocycles. The monoisotopic (exact) mass is 270 g/mol. The van der Waals surface area contributed by atoms with Gasteiger partial charge in [0.15, 0.2) is 5.82 Å². The van der Waals surface area contributed by atoms with E-state index in [1.54, 1.807) is 11.9 Å². The van der Waals surface area contributed by atoms with E-state index < -0.39 is 5.82 Å². The van der Waals surface area contributed by atoms with Crippen LogP contribution in [0.4, 0.5) is 4.39 Å². The summed E-state index contributed by atoms with van der Waals surface area (Å²) in [5, 5.41) is -0.0439. The first kappa shape index (κ1) is 13.3. The molecule has 1 heterocycles. The van der Waals surface area contributed by atoms with Crippen molar-refractivity contribution in [1.29, 1.82) is 0 Å². The molecule has 0 N–H and O–H groups in total. The zero-order valence-corrected chi connectivity index (χ0v) is 11.0. The van der Waals surface area contributed by atoms with Crippen molar-refractivity contribution in [3.63, 3.8) is 0 Å². The minimum atomic E-state index is -0.587. The first-order chi connectivity index (χ1) is 8.61. The van der Waals surface area contributed by atoms with Gasteiger partial charge >= 0.3 is 0 Å². The molecular formula is C13H16ClFN2O. The number of hydrogen-bond donors (Lipinski definition) is 0. The third-order valence-electron chi connectivity index (χ3n) is 3.47. The third-order valence-corrected chi connectivity index (χ3v) is 3.98. The van der Waals surface area contributed by atoms with Crippen molar-refractivity contribution in [3.05, 3.63) is 29.8 Å². The minimum Gasteiger partial charge on any atom is -0.337 e. The molecule has 2 rings (SSSR count). The number of amides is 1. The van der Waals surface area contributed by atoms with Gasteiger partial charge in [-0.05, 0) is 18.9 Å². The predicted molar refractivity (Wildman–Crippen MR) is 68.2 cm³/mol. The molecule has 1 fully saturated rings. The maximum Gasteiger partial charge on any atom is 0.256 e. The number of aromatic nitrogens is 1. The Balaban J connectivity index is 2.16. The summed E-state index contributed by atoms with van der Waals surface area (Å²) in [5.41, 5.74) is 0.0574. The highest BCUT2D eigenvalue weighted by molar-refractivity contribution is 6.21. The molecule has 3 nitrogen and oxygen atoms in total. The summed E-state index contributed by atoms with van der Waals surface area (Å²) in [6.45, 7) is 0. The summed E-state index contributed by atoms with van der Waals surface area (Å²) in [5.74, 6) is -0.913. The quantitative estimate of drug-likeness (QED) is 0.774. The van der Waals surface area contributed by atoms with Crippen molar-refractivity contribution in [2.75, 3.05) is 7.05 Å². The molecule has 0 radical (unpaired) electrons. The number of carbonyl (C=O) groups is 1. The third kappa shape index (κ3) is 2.64. The molecule has 0 bridgehead atoms. The van der Waals surface area contributed by atoms with Crippen LogP contribution in [0.1, 0.15) is 36.0 Å². The molecule has 1 aliphatic rings. The molecule has 0 spiro atoms. The SMILES string of the molecule is CN(C(=O)c1ccncc1F)C1CCCCC1Cl. The molecule has 18 heavy (non-hydrogen) atoms. The van der Waals surface area contributed by atoms with Crippen LogP contribution < -0.4 is 0 Å². The summed E-state index contributed by atoms with van der Waals surface area (Å²) in [4.78, 5) is 17.4. The lowest BCUT2D eigenvalue weighted by Gasteiger charge is -2.35. The Hall–Kier alpha value is -1.16. The Morgan fingerprint density at radius 1 is 1.50 bits per heavy atom. The Bertz CT molecular complexity index is 441. The normalized spacial score (nSPS) is 23.7. The Kier molecular flexibility index (Phi) is 4.17. The number of hydrogen-bond acceptors (Lipinski definition) is 2. The van der Waals surface area contributed by atoms with Gasteiger partial charge in [0.05, 0.1) is 17.1 Å². The van der Waals surface area contributed by atoms with E-state index in [9.17, 15) is 9.18 Å². The van der Waals surface area contributed by atoms with E-state index in [0.29, 0.717) is 0 Å². The van der Waals surface area contributed by atoms with E-state index >= 15 is 0 Å². The summed E-state index contributed by atoms with van der Waals surface area (Å²) in [7, 11) is 1.69. The average Bonchev–Trinajstić information content (AvgIpc) is 2.38. The zero-order chi connectivity index (χ0) is 13.1. The van der Waals surface area contributed by atoms with Gasteiger partial charge in [0.1, 0.15) is 0 Å². The maximum absolute atomic E-state index is 13.5. The molecule has 1 aliphatic carbocycles. The number of nitrogens with zero attached hydrogens (tertiary/aromatic N) is 2. The molecule has 0 aromatic carbocycles. The van der Waals surface area contributed by atoms with Gasteiger partial charge in [0.2, 0.25) is 0 Å². The fourth-order valence-electron chi connectivity index (χ4n) is 2.39. The number of pyridine rings is 1. The lowest BCUT2D eigenvalue weighted by molar-refractivity contribution is 0.0695. The first-order valence-corrected chi connectivity index (χ1v) is 6.55. The predicted octanol–water partition coefficient (Wildman–Crippen LogP) is 2.84. The van der Waals surface area contributed by atoms with Crippen LogP contribution in [0.2, 0.25) is 0 Å². The zero-order valence-electron chi connectivity index (χ0n) is 10.3. The Labute approximate surface area is 111 Å². The summed E-state index contributed by atoms with van der Waals surface area (Å²) < 4.78 is 13.5. The fourth-order valence-corrected chi connectivity index (χ4v) is 2.84. The van der Waals surface area contributed by atoms with E-state index in [4.69, 9.17) is 11.6 Å². The summed E-state index contributed by atoms with van der Waals surface area (Å²) in [6.07, 6.45) is 6.41. The molecule has 2 atom stereocenters. The van der Waals surface area contributed by atoms with Gasteiger partial charge in [-0.3, -0.25) is 9.78 Å². The van der Waals surface area contributed by atoms with Crippen LogP contribution in [-0.4, -0.2) is 34.3 Å². The van der Waals surface area contributed by atoms with E-state index in [2.05, 4.69) is 4.98 Å². The van der Waals surface area contributed by atoms with Crippen LogP contribution >= 0.6 is 11.6 Å². The van der Waals surface area contributed by atoms with E-state index in [1.165, 1.54) is 12.3 Å². The van der Waals surface area contributed by atoms with Crippen molar-refractivity contribution in [1.82, 2.24) is 9.88 Å². The Morgan fingerprint density at radius 2 is 2.22 bits per heavy atom. The molecule has 1 aromatic rings. The molecule has 1 amide bonds. The smallest absolute Gasteiger partial charge is 0.256 e. The van der Waals surface area contributed by atoms with Gasteiger partial charge in [-0.1, -0.05) is 12.8 Å². The standard InChI is InChI=1S/C13H16ClFN2O/c1-17(12-5-3-2-4-10(12)14)13(18)9-6-7-16-8-11(9)15/h6-8,10,12H,2-5H2,1H3. The molecule has 98 valence electrons. The average molecular weight is 271 g/mol. The molecule has 1 aromatic heterocycles. The fraction of sp³-hybridized carbons (Fsp3) is 0.538. The van der Waals surface area contributed by atoms with Crippen molar-refractivity contribution in [2.24, 2.45) is 0 Å². The van der Waals surface area contributed by atoms with Crippen LogP contribution in [0.5, 0.6) is 0 Å². The number of carbonyl (C=O) groups excluding carboxylic acids is 1. The number of alkyl halides is 1. The lowest BCUT2D eigenvalue weighted by atomic mass is 9.93. The Morgan fingerprint density at radius 3 is 2.89 bits per heavy atom. The van der Waals surface area contributed by atoms with Crippen LogP contribution in [0.25, 0.3) is 0 Å². The van der Waals surface area contributed by atoms with E-state index in [0.717, 1.165) is 31.9 Å². The molecule has 1 saturated carbocycles. The van der Waals surface area contributed by atoms with Crippen LogP contribution in [0.15, 0.2) is 18.5 Å². The van der Waals surface area contributed by atoms with Crippen LogP contribution in [0, 0.1) is 5.82 Å². The van der Waals surface area contributed by atoms with Crippen LogP contribution in [0.3, 0.4) is 0 Å². The van der Waals surface area contributed by atoms with Gasteiger partial charge in [-0.25, -0.2) is 4.39 Å². The highest BCUT2D eigenvalue weighted by Gasteiger charge is 2.30. The van der Waals surface area contributed by atoms with Crippen LogP contribution in [-0.2, 0) is 0 Å². The van der Waals surface area contributed by atoms with Crippen molar-refractivity contribution in [3.8, 4) is 0 Å². The van der Waals surface area contributed by atoms with E-state index in [-0.39, 0.29) is 22.9 Å². The van der Waals surface area contributed by atoms with Gasteiger partial charge in [-0.15, -0.1) is 11.6 Å². The number of halogens is 2. The molecule has 0 saturated heterocycles. The topological polar surface area (TPSA) is 33.2 Å². The highest BCUT2D eigenvalue weighted by atomic mass is 35.5. The summed E-state index contributed by atoms with van der Waals surface area (Å²) >= 11 is 6.25. The van der Waals surface area contributed by atoms with E-state index in [1.807, 2.05) is 0 Å². The second-order valence-corrected chi connectivity index (χ2v) is 5.20. The molecule has 2 unspecified atom stereocenters. The lowest BCUT2D eigenvalue weighted by Crippen LogP contribution is -2.44. The van der Waals surface area contributed by atoms with Gasteiger partial charge < -0.3 is 4.90 Å². The van der Waals surface area contributed by atoms with Gasteiger partial charge in [-0.2, -0.15) is 0 Å². The second kappa shape index (κ2) is 5.65.